The molecule has 4 N–H and O–H groups in total. The summed E-state index contributed by atoms with van der Waals surface area (Å²) in [5.74, 6) is -2.35. The van der Waals surface area contributed by atoms with E-state index < -0.39 is 30.0 Å². The zero-order chi connectivity index (χ0) is 22.4. The summed E-state index contributed by atoms with van der Waals surface area (Å²) in [7, 11) is 0. The summed E-state index contributed by atoms with van der Waals surface area (Å²) in [6, 6.07) is -2.75. The highest BCUT2D eigenvalue weighted by Crippen LogP contribution is 2.21. The third-order valence-electron chi connectivity index (χ3n) is 6.22. The van der Waals surface area contributed by atoms with Gasteiger partial charge < -0.3 is 26.0 Å². The van der Waals surface area contributed by atoms with E-state index in [1.165, 1.54) is 4.90 Å². The van der Waals surface area contributed by atoms with E-state index in [0.29, 0.717) is 25.8 Å². The SMILES string of the molecule is CCC(C)C(NC(=O)C1CCCN1)C(=O)NC(C(=O)N1CCCC1C(=O)O)C(C)C. The molecule has 2 heterocycles. The smallest absolute Gasteiger partial charge is 0.326 e. The van der Waals surface area contributed by atoms with Crippen molar-refractivity contribution in [1.82, 2.24) is 20.9 Å². The van der Waals surface area contributed by atoms with E-state index in [2.05, 4.69) is 16.0 Å². The lowest BCUT2D eigenvalue weighted by atomic mass is 9.96. The van der Waals surface area contributed by atoms with Gasteiger partial charge in [-0.3, -0.25) is 14.4 Å². The first-order valence-electron chi connectivity index (χ1n) is 11.0. The first kappa shape index (κ1) is 24.1. The van der Waals surface area contributed by atoms with E-state index >= 15 is 0 Å². The fraction of sp³-hybridized carbons (Fsp3) is 0.810. The molecule has 170 valence electrons. The summed E-state index contributed by atoms with van der Waals surface area (Å²) in [5.41, 5.74) is 0. The fourth-order valence-electron chi connectivity index (χ4n) is 4.09. The molecule has 0 aromatic heterocycles. The van der Waals surface area contributed by atoms with E-state index in [1.807, 2.05) is 27.7 Å². The van der Waals surface area contributed by atoms with Gasteiger partial charge in [0.15, 0.2) is 0 Å². The van der Waals surface area contributed by atoms with Gasteiger partial charge in [0.1, 0.15) is 18.1 Å². The van der Waals surface area contributed by atoms with Crippen molar-refractivity contribution < 1.29 is 24.3 Å². The van der Waals surface area contributed by atoms with E-state index in [-0.39, 0.29) is 29.7 Å². The molecule has 3 amide bonds. The first-order valence-corrected chi connectivity index (χ1v) is 11.0. The molecule has 0 aromatic carbocycles. The Kier molecular flexibility index (Phi) is 8.64. The number of carbonyl (C=O) groups is 4. The van der Waals surface area contributed by atoms with Crippen LogP contribution in [0.25, 0.3) is 0 Å². The molecule has 0 saturated carbocycles. The average Bonchev–Trinajstić information content (AvgIpc) is 3.40. The van der Waals surface area contributed by atoms with Gasteiger partial charge >= 0.3 is 5.97 Å². The highest BCUT2D eigenvalue weighted by molar-refractivity contribution is 5.94. The van der Waals surface area contributed by atoms with Gasteiger partial charge in [0.25, 0.3) is 0 Å². The van der Waals surface area contributed by atoms with Crippen molar-refractivity contribution in [1.29, 1.82) is 0 Å². The van der Waals surface area contributed by atoms with Crippen molar-refractivity contribution in [2.45, 2.75) is 84.0 Å². The van der Waals surface area contributed by atoms with Crippen LogP contribution in [0.1, 0.15) is 59.8 Å². The lowest BCUT2D eigenvalue weighted by molar-refractivity contribution is -0.150. The van der Waals surface area contributed by atoms with Gasteiger partial charge in [-0.15, -0.1) is 0 Å². The number of aliphatic carboxylic acids is 1. The Morgan fingerprint density at radius 3 is 2.30 bits per heavy atom. The molecule has 9 heteroatoms. The van der Waals surface area contributed by atoms with Crippen LogP contribution < -0.4 is 16.0 Å². The number of nitrogens with zero attached hydrogens (tertiary/aromatic N) is 1. The molecule has 0 aromatic rings. The number of carboxylic acids is 1. The van der Waals surface area contributed by atoms with E-state index in [4.69, 9.17) is 0 Å². The number of nitrogens with one attached hydrogen (secondary N) is 3. The van der Waals surface area contributed by atoms with Crippen LogP contribution in [0.4, 0.5) is 0 Å². The van der Waals surface area contributed by atoms with Gasteiger partial charge in [-0.1, -0.05) is 34.1 Å². The van der Waals surface area contributed by atoms with Crippen molar-refractivity contribution in [2.24, 2.45) is 11.8 Å². The average molecular weight is 425 g/mol. The summed E-state index contributed by atoms with van der Waals surface area (Å²) in [6.07, 6.45) is 3.38. The highest BCUT2D eigenvalue weighted by Gasteiger charge is 2.40. The van der Waals surface area contributed by atoms with Gasteiger partial charge in [-0.25, -0.2) is 4.79 Å². The van der Waals surface area contributed by atoms with Crippen molar-refractivity contribution >= 4 is 23.7 Å². The Morgan fingerprint density at radius 1 is 1.07 bits per heavy atom. The second-order valence-corrected chi connectivity index (χ2v) is 8.78. The van der Waals surface area contributed by atoms with E-state index in [0.717, 1.165) is 19.4 Å². The zero-order valence-electron chi connectivity index (χ0n) is 18.4. The third kappa shape index (κ3) is 5.71. The predicted octanol–water partition coefficient (Wildman–Crippen LogP) is 0.486. The minimum atomic E-state index is -1.02. The van der Waals surface area contributed by atoms with E-state index in [9.17, 15) is 24.3 Å². The van der Waals surface area contributed by atoms with Gasteiger partial charge in [-0.05, 0) is 44.1 Å². The molecule has 0 aliphatic carbocycles. The predicted molar refractivity (Wildman–Crippen MR) is 112 cm³/mol. The lowest BCUT2D eigenvalue weighted by Gasteiger charge is -2.32. The second kappa shape index (κ2) is 10.7. The summed E-state index contributed by atoms with van der Waals surface area (Å²) in [4.78, 5) is 51.6. The molecule has 2 saturated heterocycles. The van der Waals surface area contributed by atoms with Gasteiger partial charge in [0.2, 0.25) is 17.7 Å². The van der Waals surface area contributed by atoms with Crippen LogP contribution in [0.3, 0.4) is 0 Å². The zero-order valence-corrected chi connectivity index (χ0v) is 18.4. The summed E-state index contributed by atoms with van der Waals surface area (Å²) in [5, 5.41) is 18.2. The maximum atomic E-state index is 13.1. The minimum absolute atomic E-state index is 0.114. The molecule has 0 radical (unpaired) electrons. The van der Waals surface area contributed by atoms with Crippen LogP contribution in [-0.2, 0) is 19.2 Å². The van der Waals surface area contributed by atoms with Crippen molar-refractivity contribution in [3.05, 3.63) is 0 Å². The Balaban J connectivity index is 2.12. The van der Waals surface area contributed by atoms with Crippen LogP contribution >= 0.6 is 0 Å². The van der Waals surface area contributed by atoms with Crippen LogP contribution in [0, 0.1) is 11.8 Å². The van der Waals surface area contributed by atoms with Crippen LogP contribution in [-0.4, -0.2) is 71.0 Å². The third-order valence-corrected chi connectivity index (χ3v) is 6.22. The first-order chi connectivity index (χ1) is 14.2. The summed E-state index contributed by atoms with van der Waals surface area (Å²) < 4.78 is 0. The lowest BCUT2D eigenvalue weighted by Crippen LogP contribution is -2.59. The molecule has 2 aliphatic rings. The van der Waals surface area contributed by atoms with Gasteiger partial charge in [0.05, 0.1) is 6.04 Å². The molecule has 9 nitrogen and oxygen atoms in total. The molecule has 2 fully saturated rings. The molecular formula is C21H36N4O5. The molecule has 0 spiro atoms. The maximum absolute atomic E-state index is 13.1. The summed E-state index contributed by atoms with van der Waals surface area (Å²) >= 11 is 0. The fourth-order valence-corrected chi connectivity index (χ4v) is 4.09. The molecule has 30 heavy (non-hydrogen) atoms. The number of rotatable bonds is 9. The Labute approximate surface area is 178 Å². The molecule has 2 rings (SSSR count). The monoisotopic (exact) mass is 424 g/mol. The largest absolute Gasteiger partial charge is 0.480 e. The normalized spacial score (nSPS) is 24.4. The molecular weight excluding hydrogens is 388 g/mol. The molecule has 2 aliphatic heterocycles. The number of carboxylic acid groups (broad SMARTS) is 1. The van der Waals surface area contributed by atoms with Crippen molar-refractivity contribution in [2.75, 3.05) is 13.1 Å². The Hall–Kier alpha value is -2.16. The number of hydrogen-bond acceptors (Lipinski definition) is 5. The summed E-state index contributed by atoms with van der Waals surface area (Å²) in [6.45, 7) is 8.61. The molecule has 0 bridgehead atoms. The van der Waals surface area contributed by atoms with Gasteiger partial charge in [-0.2, -0.15) is 0 Å². The highest BCUT2D eigenvalue weighted by atomic mass is 16.4. The Morgan fingerprint density at radius 2 is 1.77 bits per heavy atom. The number of likely N-dealkylation sites (tertiary alicyclic amines) is 1. The van der Waals surface area contributed by atoms with Crippen molar-refractivity contribution in [3.8, 4) is 0 Å². The minimum Gasteiger partial charge on any atom is -0.480 e. The van der Waals surface area contributed by atoms with Crippen molar-refractivity contribution in [3.63, 3.8) is 0 Å². The second-order valence-electron chi connectivity index (χ2n) is 8.78. The number of hydrogen-bond donors (Lipinski definition) is 4. The number of carbonyl (C=O) groups excluding carboxylic acids is 3. The van der Waals surface area contributed by atoms with Gasteiger partial charge in [0, 0.05) is 6.54 Å². The molecule has 5 unspecified atom stereocenters. The van der Waals surface area contributed by atoms with Crippen LogP contribution in [0.2, 0.25) is 0 Å². The standard InChI is InChI=1S/C21H36N4O5/c1-5-13(4)17(24-18(26)14-8-6-10-22-14)19(27)23-16(12(2)3)20(28)25-11-7-9-15(25)21(29)30/h12-17,22H,5-11H2,1-4H3,(H,23,27)(H,24,26)(H,29,30). The van der Waals surface area contributed by atoms with E-state index in [1.54, 1.807) is 0 Å². The topological polar surface area (TPSA) is 128 Å². The van der Waals surface area contributed by atoms with Crippen LogP contribution in [0.15, 0.2) is 0 Å². The maximum Gasteiger partial charge on any atom is 0.326 e. The molecule has 5 atom stereocenters. The van der Waals surface area contributed by atoms with Crippen LogP contribution in [0.5, 0.6) is 0 Å². The number of amides is 3. The quantitative estimate of drug-likeness (QED) is 0.426. The Bertz CT molecular complexity index is 647.